The molecule has 1 fully saturated rings. The van der Waals surface area contributed by atoms with Crippen LogP contribution in [0.25, 0.3) is 0 Å². The first-order valence-electron chi connectivity index (χ1n) is 8.53. The summed E-state index contributed by atoms with van der Waals surface area (Å²) in [4.78, 5) is 24.2. The van der Waals surface area contributed by atoms with Crippen molar-refractivity contribution in [3.8, 4) is 0 Å². The number of amides is 1. The minimum absolute atomic E-state index is 0.0138. The van der Waals surface area contributed by atoms with Crippen molar-refractivity contribution >= 4 is 11.9 Å². The van der Waals surface area contributed by atoms with E-state index >= 15 is 0 Å². The highest BCUT2D eigenvalue weighted by atomic mass is 16.5. The Morgan fingerprint density at radius 2 is 1.77 bits per heavy atom. The van der Waals surface area contributed by atoms with Gasteiger partial charge in [0, 0.05) is 12.0 Å². The van der Waals surface area contributed by atoms with E-state index in [0.717, 1.165) is 25.7 Å². The van der Waals surface area contributed by atoms with E-state index in [4.69, 9.17) is 10.5 Å². The third kappa shape index (κ3) is 4.97. The Bertz CT molecular complexity index is 372. The monoisotopic (exact) mass is 312 g/mol. The van der Waals surface area contributed by atoms with Gasteiger partial charge in [-0.25, -0.2) is 0 Å². The number of methoxy groups -OCH3 is 1. The lowest BCUT2D eigenvalue weighted by Crippen LogP contribution is -2.51. The molecule has 1 amide bonds. The predicted molar refractivity (Wildman–Crippen MR) is 87.3 cm³/mol. The highest BCUT2D eigenvalue weighted by molar-refractivity contribution is 5.79. The number of carbonyl (C=O) groups is 2. The third-order valence-corrected chi connectivity index (χ3v) is 5.35. The van der Waals surface area contributed by atoms with Crippen LogP contribution in [0.5, 0.6) is 0 Å². The van der Waals surface area contributed by atoms with Crippen molar-refractivity contribution in [1.82, 2.24) is 5.32 Å². The fourth-order valence-electron chi connectivity index (χ4n) is 3.50. The fraction of sp³-hybridized carbons (Fsp3) is 0.882. The largest absolute Gasteiger partial charge is 0.469 e. The fourth-order valence-corrected chi connectivity index (χ4v) is 3.50. The molecule has 0 radical (unpaired) electrons. The van der Waals surface area contributed by atoms with Crippen molar-refractivity contribution in [2.45, 2.75) is 77.2 Å². The van der Waals surface area contributed by atoms with Crippen LogP contribution in [-0.4, -0.2) is 31.1 Å². The summed E-state index contributed by atoms with van der Waals surface area (Å²) >= 11 is 0. The Labute approximate surface area is 134 Å². The zero-order chi connectivity index (χ0) is 16.6. The molecule has 1 aliphatic rings. The van der Waals surface area contributed by atoms with E-state index in [1.165, 1.54) is 13.5 Å². The number of hydrogen-bond donors (Lipinski definition) is 2. The minimum Gasteiger partial charge on any atom is -0.469 e. The lowest BCUT2D eigenvalue weighted by Gasteiger charge is -2.38. The number of ether oxygens (including phenoxy) is 1. The second-order valence-electron chi connectivity index (χ2n) is 6.73. The first kappa shape index (κ1) is 18.9. The van der Waals surface area contributed by atoms with Crippen molar-refractivity contribution in [2.24, 2.45) is 11.1 Å². The zero-order valence-corrected chi connectivity index (χ0v) is 14.4. The molecule has 1 saturated carbocycles. The van der Waals surface area contributed by atoms with Crippen LogP contribution in [0.15, 0.2) is 0 Å². The topological polar surface area (TPSA) is 81.4 Å². The van der Waals surface area contributed by atoms with E-state index in [2.05, 4.69) is 5.32 Å². The van der Waals surface area contributed by atoms with Gasteiger partial charge >= 0.3 is 5.97 Å². The first-order chi connectivity index (χ1) is 10.4. The highest BCUT2D eigenvalue weighted by Crippen LogP contribution is 2.38. The van der Waals surface area contributed by atoms with Crippen LogP contribution in [0.1, 0.15) is 71.6 Å². The summed E-state index contributed by atoms with van der Waals surface area (Å²) in [5, 5.41) is 3.11. The van der Waals surface area contributed by atoms with Crippen LogP contribution in [-0.2, 0) is 14.3 Å². The molecular formula is C17H32N2O3. The van der Waals surface area contributed by atoms with Crippen LogP contribution in [0, 0.1) is 5.41 Å². The molecule has 0 aromatic rings. The highest BCUT2D eigenvalue weighted by Gasteiger charge is 2.36. The molecule has 0 aromatic heterocycles. The van der Waals surface area contributed by atoms with Gasteiger partial charge in [0.2, 0.25) is 5.91 Å². The smallest absolute Gasteiger partial charge is 0.307 e. The second kappa shape index (κ2) is 8.51. The number of esters is 1. The number of nitrogens with two attached hydrogens (primary N) is 1. The van der Waals surface area contributed by atoms with Crippen LogP contribution in [0.2, 0.25) is 0 Å². The molecule has 128 valence electrons. The molecule has 0 spiro atoms. The maximum absolute atomic E-state index is 12.6. The normalized spacial score (nSPS) is 17.8. The summed E-state index contributed by atoms with van der Waals surface area (Å²) in [5.41, 5.74) is 5.40. The molecule has 0 heterocycles. The van der Waals surface area contributed by atoms with Gasteiger partial charge in [-0.05, 0) is 37.6 Å². The number of rotatable bonds is 8. The Morgan fingerprint density at radius 3 is 2.23 bits per heavy atom. The number of nitrogens with one attached hydrogen (secondary N) is 1. The van der Waals surface area contributed by atoms with Crippen molar-refractivity contribution < 1.29 is 14.3 Å². The Hall–Kier alpha value is -1.10. The van der Waals surface area contributed by atoms with Gasteiger partial charge in [0.15, 0.2) is 0 Å². The van der Waals surface area contributed by atoms with Crippen LogP contribution in [0.4, 0.5) is 0 Å². The molecular weight excluding hydrogens is 280 g/mol. The molecule has 0 saturated heterocycles. The zero-order valence-electron chi connectivity index (χ0n) is 14.4. The van der Waals surface area contributed by atoms with E-state index in [9.17, 15) is 9.59 Å². The van der Waals surface area contributed by atoms with Crippen LogP contribution in [0.3, 0.4) is 0 Å². The second-order valence-corrected chi connectivity index (χ2v) is 6.73. The molecule has 3 N–H and O–H groups in total. The Kier molecular flexibility index (Phi) is 7.33. The third-order valence-electron chi connectivity index (χ3n) is 5.35. The molecule has 5 heteroatoms. The van der Waals surface area contributed by atoms with E-state index in [-0.39, 0.29) is 23.7 Å². The summed E-state index contributed by atoms with van der Waals surface area (Å²) in [5.74, 6) is -0.268. The summed E-state index contributed by atoms with van der Waals surface area (Å²) in [7, 11) is 1.38. The van der Waals surface area contributed by atoms with Crippen molar-refractivity contribution in [3.05, 3.63) is 0 Å². The van der Waals surface area contributed by atoms with Gasteiger partial charge in [-0.2, -0.15) is 0 Å². The molecule has 22 heavy (non-hydrogen) atoms. The summed E-state index contributed by atoms with van der Waals surface area (Å²) in [6.07, 6.45) is 7.70. The number of hydrogen-bond acceptors (Lipinski definition) is 4. The molecule has 0 atom stereocenters. The molecule has 0 aromatic carbocycles. The van der Waals surface area contributed by atoms with E-state index in [1.54, 1.807) is 0 Å². The molecule has 0 unspecified atom stereocenters. The summed E-state index contributed by atoms with van der Waals surface area (Å²) in [6.45, 7) is 4.54. The number of carbonyl (C=O) groups excluding carboxylic acids is 2. The van der Waals surface area contributed by atoms with Gasteiger partial charge in [-0.1, -0.05) is 33.1 Å². The first-order valence-corrected chi connectivity index (χ1v) is 8.53. The molecule has 1 rings (SSSR count). The SMILES string of the molecule is CCC(CC)(CC(=O)OC)NC(=O)CC1(CN)CCCCC1. The molecule has 1 aliphatic carbocycles. The van der Waals surface area contributed by atoms with Crippen molar-refractivity contribution in [1.29, 1.82) is 0 Å². The lowest BCUT2D eigenvalue weighted by atomic mass is 9.71. The standard InChI is InChI=1S/C17H32N2O3/c1-4-17(5-2,12-15(21)22-3)19-14(20)11-16(13-18)9-7-6-8-10-16/h4-13,18H2,1-3H3,(H,19,20). The van der Waals surface area contributed by atoms with Gasteiger partial charge in [-0.15, -0.1) is 0 Å². The van der Waals surface area contributed by atoms with Crippen molar-refractivity contribution in [2.75, 3.05) is 13.7 Å². The van der Waals surface area contributed by atoms with Crippen molar-refractivity contribution in [3.63, 3.8) is 0 Å². The molecule has 0 bridgehead atoms. The summed E-state index contributed by atoms with van der Waals surface area (Å²) < 4.78 is 4.77. The van der Waals surface area contributed by atoms with E-state index in [1.807, 2.05) is 13.8 Å². The maximum Gasteiger partial charge on any atom is 0.307 e. The van der Waals surface area contributed by atoms with Gasteiger partial charge in [0.05, 0.1) is 13.5 Å². The predicted octanol–water partition coefficient (Wildman–Crippen LogP) is 2.52. The lowest BCUT2D eigenvalue weighted by molar-refractivity contribution is -0.143. The van der Waals surface area contributed by atoms with Gasteiger partial charge in [0.25, 0.3) is 0 Å². The summed E-state index contributed by atoms with van der Waals surface area (Å²) in [6, 6.07) is 0. The van der Waals surface area contributed by atoms with E-state index in [0.29, 0.717) is 25.8 Å². The van der Waals surface area contributed by atoms with Crippen LogP contribution < -0.4 is 11.1 Å². The average molecular weight is 312 g/mol. The Morgan fingerprint density at radius 1 is 1.18 bits per heavy atom. The quantitative estimate of drug-likeness (QED) is 0.675. The average Bonchev–Trinajstić information content (AvgIpc) is 2.54. The minimum atomic E-state index is -0.505. The maximum atomic E-state index is 12.6. The van der Waals surface area contributed by atoms with E-state index < -0.39 is 5.54 Å². The van der Waals surface area contributed by atoms with Gasteiger partial charge in [-0.3, -0.25) is 9.59 Å². The Balaban J connectivity index is 2.71. The molecule has 0 aliphatic heterocycles. The van der Waals surface area contributed by atoms with Gasteiger partial charge in [0.1, 0.15) is 0 Å². The van der Waals surface area contributed by atoms with Gasteiger partial charge < -0.3 is 15.8 Å². The van der Waals surface area contributed by atoms with Crippen LogP contribution >= 0.6 is 0 Å². The molecule has 5 nitrogen and oxygen atoms in total.